The third kappa shape index (κ3) is 3.29. The summed E-state index contributed by atoms with van der Waals surface area (Å²) in [5.41, 5.74) is 3.74. The van der Waals surface area contributed by atoms with E-state index in [1.165, 1.54) is 0 Å². The van der Waals surface area contributed by atoms with Crippen molar-refractivity contribution in [3.05, 3.63) is 90.1 Å². The molecular weight excluding hydrogens is 334 g/mol. The lowest BCUT2D eigenvalue weighted by Gasteiger charge is -2.13. The van der Waals surface area contributed by atoms with Gasteiger partial charge in [-0.3, -0.25) is 4.79 Å². The van der Waals surface area contributed by atoms with Crippen LogP contribution in [0.15, 0.2) is 78.9 Å². The molecule has 0 aliphatic carbocycles. The van der Waals surface area contributed by atoms with Gasteiger partial charge in [-0.05, 0) is 30.3 Å². The second-order valence-electron chi connectivity index (χ2n) is 6.55. The summed E-state index contributed by atoms with van der Waals surface area (Å²) in [6, 6.07) is 24.9. The molecule has 4 nitrogen and oxygen atoms in total. The maximum absolute atomic E-state index is 13.2. The number of hydrogen-bond acceptors (Lipinski definition) is 4. The van der Waals surface area contributed by atoms with Crippen molar-refractivity contribution in [1.82, 2.24) is 9.97 Å². The van der Waals surface area contributed by atoms with E-state index in [-0.39, 0.29) is 5.78 Å². The Balaban J connectivity index is 1.85. The predicted molar refractivity (Wildman–Crippen MR) is 109 cm³/mol. The Kier molecular flexibility index (Phi) is 4.38. The number of carbonyl (C=O) groups is 1. The summed E-state index contributed by atoms with van der Waals surface area (Å²) >= 11 is 0. The van der Waals surface area contributed by atoms with Gasteiger partial charge < -0.3 is 4.90 Å². The maximum atomic E-state index is 13.2. The average Bonchev–Trinajstić information content (AvgIpc) is 2.73. The van der Waals surface area contributed by atoms with Crippen LogP contribution < -0.4 is 4.90 Å². The molecule has 132 valence electrons. The molecule has 3 aromatic carbocycles. The molecule has 4 heteroatoms. The van der Waals surface area contributed by atoms with Gasteiger partial charge in [-0.25, -0.2) is 9.97 Å². The molecule has 4 rings (SSSR count). The Labute approximate surface area is 158 Å². The van der Waals surface area contributed by atoms with Crippen molar-refractivity contribution in [2.75, 3.05) is 19.0 Å². The highest BCUT2D eigenvalue weighted by atomic mass is 16.1. The molecule has 27 heavy (non-hydrogen) atoms. The SMILES string of the molecule is CN(C)c1ccc(C(=O)c2nc(-c3ccccc3)nc3ccccc23)cc1. The van der Waals surface area contributed by atoms with Crippen molar-refractivity contribution in [3.63, 3.8) is 0 Å². The van der Waals surface area contributed by atoms with Crippen LogP contribution in [0.2, 0.25) is 0 Å². The largest absolute Gasteiger partial charge is 0.378 e. The topological polar surface area (TPSA) is 46.1 Å². The fourth-order valence-electron chi connectivity index (χ4n) is 3.01. The van der Waals surface area contributed by atoms with E-state index in [9.17, 15) is 4.79 Å². The van der Waals surface area contributed by atoms with Crippen molar-refractivity contribution < 1.29 is 4.79 Å². The zero-order valence-corrected chi connectivity index (χ0v) is 15.3. The smallest absolute Gasteiger partial charge is 0.212 e. The Morgan fingerprint density at radius 1 is 0.778 bits per heavy atom. The lowest BCUT2D eigenvalue weighted by atomic mass is 10.0. The number of carbonyl (C=O) groups excluding carboxylic acids is 1. The lowest BCUT2D eigenvalue weighted by Crippen LogP contribution is -2.10. The van der Waals surface area contributed by atoms with Crippen molar-refractivity contribution >= 4 is 22.4 Å². The summed E-state index contributed by atoms with van der Waals surface area (Å²) in [4.78, 5) is 24.5. The Hall–Kier alpha value is -3.53. The van der Waals surface area contributed by atoms with Crippen LogP contribution in [0.1, 0.15) is 16.1 Å². The number of aromatic nitrogens is 2. The van der Waals surface area contributed by atoms with E-state index in [1.54, 1.807) is 0 Å². The molecule has 4 aromatic rings. The highest BCUT2D eigenvalue weighted by Crippen LogP contribution is 2.24. The first-order chi connectivity index (χ1) is 13.1. The zero-order valence-electron chi connectivity index (χ0n) is 15.3. The van der Waals surface area contributed by atoms with Crippen LogP contribution in [-0.2, 0) is 0 Å². The van der Waals surface area contributed by atoms with Crippen LogP contribution in [-0.4, -0.2) is 29.8 Å². The van der Waals surface area contributed by atoms with E-state index in [0.717, 1.165) is 22.2 Å². The first-order valence-corrected chi connectivity index (χ1v) is 8.78. The van der Waals surface area contributed by atoms with Gasteiger partial charge in [0.05, 0.1) is 5.52 Å². The van der Waals surface area contributed by atoms with Crippen LogP contribution in [0.25, 0.3) is 22.3 Å². The number of anilines is 1. The third-order valence-electron chi connectivity index (χ3n) is 4.50. The molecule has 0 spiro atoms. The molecular formula is C23H19N3O. The van der Waals surface area contributed by atoms with Gasteiger partial charge in [0.15, 0.2) is 5.82 Å². The fourth-order valence-corrected chi connectivity index (χ4v) is 3.01. The minimum absolute atomic E-state index is 0.101. The maximum Gasteiger partial charge on any atom is 0.212 e. The van der Waals surface area contributed by atoms with Crippen LogP contribution in [0.3, 0.4) is 0 Å². The van der Waals surface area contributed by atoms with Crippen LogP contribution >= 0.6 is 0 Å². The van der Waals surface area contributed by atoms with Crippen LogP contribution in [0, 0.1) is 0 Å². The van der Waals surface area contributed by atoms with E-state index in [2.05, 4.69) is 9.97 Å². The molecule has 0 radical (unpaired) electrons. The van der Waals surface area contributed by atoms with E-state index in [0.29, 0.717) is 17.1 Å². The van der Waals surface area contributed by atoms with Crippen LogP contribution in [0.4, 0.5) is 5.69 Å². The number of rotatable bonds is 4. The second kappa shape index (κ2) is 7.00. The molecule has 0 saturated heterocycles. The van der Waals surface area contributed by atoms with Gasteiger partial charge in [0, 0.05) is 36.3 Å². The summed E-state index contributed by atoms with van der Waals surface area (Å²) in [5.74, 6) is 0.457. The Morgan fingerprint density at radius 2 is 1.44 bits per heavy atom. The number of ketones is 1. The molecule has 0 unspecified atom stereocenters. The molecule has 0 N–H and O–H groups in total. The first kappa shape index (κ1) is 16.9. The zero-order chi connectivity index (χ0) is 18.8. The van der Waals surface area contributed by atoms with Gasteiger partial charge in [-0.1, -0.05) is 48.5 Å². The van der Waals surface area contributed by atoms with Gasteiger partial charge in [-0.15, -0.1) is 0 Å². The van der Waals surface area contributed by atoms with Gasteiger partial charge in [-0.2, -0.15) is 0 Å². The quantitative estimate of drug-likeness (QED) is 0.503. The van der Waals surface area contributed by atoms with Crippen molar-refractivity contribution in [3.8, 4) is 11.4 Å². The van der Waals surface area contributed by atoms with Crippen molar-refractivity contribution in [2.24, 2.45) is 0 Å². The third-order valence-corrected chi connectivity index (χ3v) is 4.50. The Bertz CT molecular complexity index is 1100. The standard InChI is InChI=1S/C23H19N3O/c1-26(2)18-14-12-16(13-15-18)22(27)21-19-10-6-7-11-20(19)24-23(25-21)17-8-4-3-5-9-17/h3-15H,1-2H3. The highest BCUT2D eigenvalue weighted by Gasteiger charge is 2.17. The molecule has 0 aliphatic rings. The summed E-state index contributed by atoms with van der Waals surface area (Å²) in [6.07, 6.45) is 0. The minimum atomic E-state index is -0.101. The summed E-state index contributed by atoms with van der Waals surface area (Å²) in [6.45, 7) is 0. The molecule has 0 bridgehead atoms. The van der Waals surface area contributed by atoms with Crippen molar-refractivity contribution in [2.45, 2.75) is 0 Å². The van der Waals surface area contributed by atoms with E-state index >= 15 is 0 Å². The highest BCUT2D eigenvalue weighted by molar-refractivity contribution is 6.14. The lowest BCUT2D eigenvalue weighted by molar-refractivity contribution is 0.103. The predicted octanol–water partition coefficient (Wildman–Crippen LogP) is 4.59. The molecule has 0 fully saturated rings. The molecule has 0 saturated carbocycles. The summed E-state index contributed by atoms with van der Waals surface area (Å²) < 4.78 is 0. The van der Waals surface area contributed by atoms with Gasteiger partial charge in [0.1, 0.15) is 5.69 Å². The second-order valence-corrected chi connectivity index (χ2v) is 6.55. The van der Waals surface area contributed by atoms with Crippen LogP contribution in [0.5, 0.6) is 0 Å². The minimum Gasteiger partial charge on any atom is -0.378 e. The summed E-state index contributed by atoms with van der Waals surface area (Å²) in [7, 11) is 3.95. The summed E-state index contributed by atoms with van der Waals surface area (Å²) in [5, 5.41) is 0.763. The van der Waals surface area contributed by atoms with Crippen molar-refractivity contribution in [1.29, 1.82) is 0 Å². The first-order valence-electron chi connectivity index (χ1n) is 8.78. The average molecular weight is 353 g/mol. The molecule has 0 amide bonds. The fraction of sp³-hybridized carbons (Fsp3) is 0.0870. The van der Waals surface area contributed by atoms with E-state index < -0.39 is 0 Å². The normalized spacial score (nSPS) is 10.7. The number of para-hydroxylation sites is 1. The van der Waals surface area contributed by atoms with E-state index in [4.69, 9.17) is 0 Å². The molecule has 0 atom stereocenters. The number of nitrogens with zero attached hydrogens (tertiary/aromatic N) is 3. The van der Waals surface area contributed by atoms with Gasteiger partial charge in [0.2, 0.25) is 5.78 Å². The molecule has 0 aliphatic heterocycles. The number of fused-ring (bicyclic) bond motifs is 1. The monoisotopic (exact) mass is 353 g/mol. The van der Waals surface area contributed by atoms with Gasteiger partial charge >= 0.3 is 0 Å². The number of benzene rings is 3. The van der Waals surface area contributed by atoms with Gasteiger partial charge in [0.25, 0.3) is 0 Å². The molecule has 1 heterocycles. The van der Waals surface area contributed by atoms with E-state index in [1.807, 2.05) is 97.9 Å². The Morgan fingerprint density at radius 3 is 2.15 bits per heavy atom. The number of hydrogen-bond donors (Lipinski definition) is 0. The molecule has 1 aromatic heterocycles.